The first-order valence-electron chi connectivity index (χ1n) is 9.36. The summed E-state index contributed by atoms with van der Waals surface area (Å²) in [6.07, 6.45) is 1.72. The number of hydrogen-bond acceptors (Lipinski definition) is 4. The number of ether oxygens (including phenoxy) is 1. The molecule has 0 spiro atoms. The van der Waals surface area contributed by atoms with Gasteiger partial charge in [0.05, 0.1) is 28.7 Å². The lowest BCUT2D eigenvalue weighted by Gasteiger charge is -2.13. The first kappa shape index (κ1) is 18.3. The maximum atomic E-state index is 12.7. The third kappa shape index (κ3) is 3.09. The molecule has 0 aliphatic rings. The fourth-order valence-corrected chi connectivity index (χ4v) is 3.87. The van der Waals surface area contributed by atoms with E-state index in [1.807, 2.05) is 60.7 Å². The topological polar surface area (TPSA) is 67.9 Å². The van der Waals surface area contributed by atoms with Gasteiger partial charge in [0.25, 0.3) is 0 Å². The summed E-state index contributed by atoms with van der Waals surface area (Å²) in [7, 11) is 1.51. The lowest BCUT2D eigenvalue weighted by Crippen LogP contribution is -2.06. The van der Waals surface area contributed by atoms with Gasteiger partial charge in [-0.1, -0.05) is 48.0 Å². The molecule has 0 fully saturated rings. The van der Waals surface area contributed by atoms with Crippen molar-refractivity contribution in [2.24, 2.45) is 0 Å². The maximum absolute atomic E-state index is 12.7. The Labute approximate surface area is 177 Å². The highest BCUT2D eigenvalue weighted by Crippen LogP contribution is 2.36. The van der Waals surface area contributed by atoms with Crippen LogP contribution in [-0.4, -0.2) is 22.1 Å². The first-order valence-corrected chi connectivity index (χ1v) is 9.74. The van der Waals surface area contributed by atoms with E-state index < -0.39 is 0 Å². The molecule has 0 atom stereocenters. The Balaban J connectivity index is 1.86. The van der Waals surface area contributed by atoms with Crippen molar-refractivity contribution in [3.05, 3.63) is 88.2 Å². The number of nitrogens with one attached hydrogen (secondary N) is 1. The Hall–Kier alpha value is -3.70. The van der Waals surface area contributed by atoms with Gasteiger partial charge in [-0.15, -0.1) is 0 Å². The highest BCUT2D eigenvalue weighted by atomic mass is 35.5. The van der Waals surface area contributed by atoms with E-state index in [0.717, 1.165) is 33.3 Å². The Kier molecular flexibility index (Phi) is 4.45. The van der Waals surface area contributed by atoms with Crippen LogP contribution >= 0.6 is 11.6 Å². The third-order valence-corrected chi connectivity index (χ3v) is 5.32. The lowest BCUT2D eigenvalue weighted by molar-refractivity contribution is 0.399. The van der Waals surface area contributed by atoms with Gasteiger partial charge in [0, 0.05) is 28.8 Å². The third-order valence-electron chi connectivity index (χ3n) is 5.03. The smallest absolute Gasteiger partial charge is 0.196 e. The van der Waals surface area contributed by atoms with E-state index >= 15 is 0 Å². The molecule has 6 heteroatoms. The molecule has 5 rings (SSSR count). The summed E-state index contributed by atoms with van der Waals surface area (Å²) < 4.78 is 5.21. The minimum atomic E-state index is -0.164. The number of fused-ring (bicyclic) bond motifs is 2. The van der Waals surface area contributed by atoms with Crippen LogP contribution in [0.2, 0.25) is 5.02 Å². The minimum absolute atomic E-state index is 0.164. The molecule has 0 unspecified atom stereocenters. The van der Waals surface area contributed by atoms with Crippen LogP contribution in [0.1, 0.15) is 0 Å². The molecule has 0 aliphatic heterocycles. The van der Waals surface area contributed by atoms with Gasteiger partial charge < -0.3 is 9.72 Å². The zero-order chi connectivity index (χ0) is 20.7. The molecule has 5 aromatic rings. The number of hydrogen-bond donors (Lipinski definition) is 1. The normalized spacial score (nSPS) is 11.1. The summed E-state index contributed by atoms with van der Waals surface area (Å²) >= 11 is 6.53. The second-order valence-electron chi connectivity index (χ2n) is 6.88. The number of H-pyrrole nitrogens is 1. The van der Waals surface area contributed by atoms with Crippen LogP contribution in [0.25, 0.3) is 44.3 Å². The van der Waals surface area contributed by atoms with Crippen LogP contribution in [0.3, 0.4) is 0 Å². The summed E-state index contributed by atoms with van der Waals surface area (Å²) in [6.45, 7) is 0. The van der Waals surface area contributed by atoms with Gasteiger partial charge in [0.1, 0.15) is 5.65 Å². The summed E-state index contributed by atoms with van der Waals surface area (Å²) in [5, 5.41) is 1.95. The fraction of sp³-hybridized carbons (Fsp3) is 0.0417. The predicted molar refractivity (Wildman–Crippen MR) is 120 cm³/mol. The highest BCUT2D eigenvalue weighted by Gasteiger charge is 2.15. The van der Waals surface area contributed by atoms with Gasteiger partial charge in [0.15, 0.2) is 11.3 Å². The summed E-state index contributed by atoms with van der Waals surface area (Å²) in [4.78, 5) is 24.9. The van der Waals surface area contributed by atoms with Crippen LogP contribution in [0.15, 0.2) is 77.7 Å². The Morgan fingerprint density at radius 2 is 1.80 bits per heavy atom. The number of methoxy groups -OCH3 is 1. The molecule has 0 saturated carbocycles. The van der Waals surface area contributed by atoms with Crippen molar-refractivity contribution in [2.45, 2.75) is 0 Å². The first-order chi connectivity index (χ1) is 14.6. The van der Waals surface area contributed by atoms with Gasteiger partial charge in [-0.3, -0.25) is 9.78 Å². The zero-order valence-electron chi connectivity index (χ0n) is 16.0. The molecule has 146 valence electrons. The van der Waals surface area contributed by atoms with Gasteiger partial charge in [-0.25, -0.2) is 4.98 Å². The van der Waals surface area contributed by atoms with E-state index in [2.05, 4.69) is 9.97 Å². The number of benzene rings is 2. The Morgan fingerprint density at radius 3 is 2.60 bits per heavy atom. The van der Waals surface area contributed by atoms with Crippen LogP contribution in [0.4, 0.5) is 0 Å². The summed E-state index contributed by atoms with van der Waals surface area (Å²) in [5.41, 5.74) is 4.39. The molecular formula is C24H16ClN3O2. The van der Waals surface area contributed by atoms with Crippen molar-refractivity contribution < 1.29 is 4.74 Å². The van der Waals surface area contributed by atoms with E-state index in [4.69, 9.17) is 21.3 Å². The van der Waals surface area contributed by atoms with E-state index in [1.165, 1.54) is 13.2 Å². The number of nitrogens with zero attached hydrogens (tertiary/aromatic N) is 2. The number of halogens is 1. The SMILES string of the molecule is COc1cc(=O)c2cc(-c3cc(Cl)c4ncccc4c3)c(-c3ccccc3)nc2[nH]1. The molecule has 2 aromatic carbocycles. The molecule has 5 nitrogen and oxygen atoms in total. The quantitative estimate of drug-likeness (QED) is 0.426. The number of rotatable bonds is 3. The second-order valence-corrected chi connectivity index (χ2v) is 7.29. The van der Waals surface area contributed by atoms with Crippen LogP contribution < -0.4 is 10.2 Å². The van der Waals surface area contributed by atoms with Crippen molar-refractivity contribution >= 4 is 33.5 Å². The fourth-order valence-electron chi connectivity index (χ4n) is 3.60. The van der Waals surface area contributed by atoms with Crippen molar-refractivity contribution in [1.29, 1.82) is 0 Å². The molecular weight excluding hydrogens is 398 g/mol. The zero-order valence-corrected chi connectivity index (χ0v) is 16.8. The summed E-state index contributed by atoms with van der Waals surface area (Å²) in [6, 6.07) is 20.8. The predicted octanol–water partition coefficient (Wildman–Crippen LogP) is 5.47. The van der Waals surface area contributed by atoms with Crippen LogP contribution in [0, 0.1) is 0 Å². The average Bonchev–Trinajstić information content (AvgIpc) is 2.78. The second kappa shape index (κ2) is 7.28. The van der Waals surface area contributed by atoms with E-state index in [-0.39, 0.29) is 5.43 Å². The van der Waals surface area contributed by atoms with Crippen molar-refractivity contribution in [3.8, 4) is 28.3 Å². The van der Waals surface area contributed by atoms with Crippen molar-refractivity contribution in [2.75, 3.05) is 7.11 Å². The lowest BCUT2D eigenvalue weighted by atomic mass is 9.97. The number of aromatic amines is 1. The summed E-state index contributed by atoms with van der Waals surface area (Å²) in [5.74, 6) is 0.367. The average molecular weight is 414 g/mol. The molecule has 3 heterocycles. The molecule has 0 radical (unpaired) electrons. The van der Waals surface area contributed by atoms with Gasteiger partial charge in [-0.05, 0) is 29.8 Å². The number of pyridine rings is 3. The largest absolute Gasteiger partial charge is 0.482 e. The van der Waals surface area contributed by atoms with Crippen molar-refractivity contribution in [1.82, 2.24) is 15.0 Å². The standard InChI is InChI=1S/C24H16ClN3O2/c1-30-21-13-20(29)18-12-17(16-10-15-8-5-9-26-23(15)19(25)11-16)22(28-24(18)27-21)14-6-3-2-4-7-14/h2-13H,1H3,(H,27,28,29). The van der Waals surface area contributed by atoms with Gasteiger partial charge in [-0.2, -0.15) is 0 Å². The highest BCUT2D eigenvalue weighted by molar-refractivity contribution is 6.35. The molecule has 30 heavy (non-hydrogen) atoms. The van der Waals surface area contributed by atoms with E-state index in [0.29, 0.717) is 21.9 Å². The molecule has 0 bridgehead atoms. The Morgan fingerprint density at radius 1 is 0.967 bits per heavy atom. The molecule has 3 aromatic heterocycles. The van der Waals surface area contributed by atoms with Gasteiger partial charge in [0.2, 0.25) is 0 Å². The number of aromatic nitrogens is 3. The van der Waals surface area contributed by atoms with E-state index in [1.54, 1.807) is 6.20 Å². The monoisotopic (exact) mass is 413 g/mol. The van der Waals surface area contributed by atoms with Gasteiger partial charge >= 0.3 is 0 Å². The Bertz CT molecular complexity index is 1460. The van der Waals surface area contributed by atoms with E-state index in [9.17, 15) is 4.79 Å². The molecule has 0 saturated heterocycles. The maximum Gasteiger partial charge on any atom is 0.196 e. The molecule has 0 amide bonds. The molecule has 1 N–H and O–H groups in total. The molecule has 0 aliphatic carbocycles. The van der Waals surface area contributed by atoms with Crippen LogP contribution in [0.5, 0.6) is 5.88 Å². The van der Waals surface area contributed by atoms with Crippen LogP contribution in [-0.2, 0) is 0 Å². The minimum Gasteiger partial charge on any atom is -0.482 e. The van der Waals surface area contributed by atoms with Crippen molar-refractivity contribution in [3.63, 3.8) is 0 Å².